The Bertz CT molecular complexity index is 756. The number of hydrogen-bond donors (Lipinski definition) is 1. The number of hydrogen-bond acceptors (Lipinski definition) is 5. The third-order valence-electron chi connectivity index (χ3n) is 5.31. The zero-order valence-electron chi connectivity index (χ0n) is 16.2. The van der Waals surface area contributed by atoms with Crippen molar-refractivity contribution in [1.29, 1.82) is 0 Å². The zero-order chi connectivity index (χ0) is 19.2. The van der Waals surface area contributed by atoms with E-state index >= 15 is 0 Å². The Balaban J connectivity index is 1.52. The van der Waals surface area contributed by atoms with Gasteiger partial charge in [-0.2, -0.15) is 5.10 Å². The molecule has 1 aromatic heterocycles. The Kier molecular flexibility index (Phi) is 6.58. The van der Waals surface area contributed by atoms with Gasteiger partial charge in [0.25, 0.3) is 5.69 Å². The number of nitro groups is 1. The van der Waals surface area contributed by atoms with Crippen molar-refractivity contribution in [3.8, 4) is 11.3 Å². The molecule has 3 rings (SSSR count). The lowest BCUT2D eigenvalue weighted by Gasteiger charge is -2.33. The van der Waals surface area contributed by atoms with E-state index in [1.165, 1.54) is 37.9 Å². The summed E-state index contributed by atoms with van der Waals surface area (Å²) in [5.74, 6) is 0. The summed E-state index contributed by atoms with van der Waals surface area (Å²) in [6.45, 7) is 6.43. The van der Waals surface area contributed by atoms with Crippen LogP contribution >= 0.6 is 0 Å². The molecule has 0 bridgehead atoms. The molecule has 1 aliphatic heterocycles. The molecule has 0 aliphatic carbocycles. The van der Waals surface area contributed by atoms with E-state index in [0.29, 0.717) is 6.04 Å². The summed E-state index contributed by atoms with van der Waals surface area (Å²) in [4.78, 5) is 13.0. The summed E-state index contributed by atoms with van der Waals surface area (Å²) in [5.41, 5.74) is 2.99. The second-order valence-corrected chi connectivity index (χ2v) is 7.39. The molecule has 2 aromatic rings. The van der Waals surface area contributed by atoms with Gasteiger partial charge in [-0.15, -0.1) is 0 Å². The first-order chi connectivity index (χ1) is 13.0. The van der Waals surface area contributed by atoms with Crippen LogP contribution in [0.25, 0.3) is 11.3 Å². The number of aryl methyl sites for hydroxylation is 1. The zero-order valence-corrected chi connectivity index (χ0v) is 16.2. The van der Waals surface area contributed by atoms with Gasteiger partial charge in [0.15, 0.2) is 0 Å². The Morgan fingerprint density at radius 2 is 2.07 bits per heavy atom. The van der Waals surface area contributed by atoms with Crippen LogP contribution in [0.15, 0.2) is 30.5 Å². The fourth-order valence-corrected chi connectivity index (χ4v) is 3.77. The van der Waals surface area contributed by atoms with Gasteiger partial charge in [-0.1, -0.05) is 6.42 Å². The Morgan fingerprint density at radius 1 is 1.30 bits per heavy atom. The highest BCUT2D eigenvalue weighted by Gasteiger charge is 2.17. The Morgan fingerprint density at radius 3 is 2.78 bits per heavy atom. The lowest BCUT2D eigenvalue weighted by atomic mass is 10.0. The van der Waals surface area contributed by atoms with Crippen LogP contribution in [0.3, 0.4) is 0 Å². The number of piperidine rings is 1. The van der Waals surface area contributed by atoms with Gasteiger partial charge in [-0.25, -0.2) is 0 Å². The van der Waals surface area contributed by atoms with E-state index in [1.54, 1.807) is 16.8 Å². The van der Waals surface area contributed by atoms with Gasteiger partial charge < -0.3 is 10.2 Å². The molecule has 1 atom stereocenters. The molecule has 7 heteroatoms. The standard InChI is InChI=1S/C20H29N5O2/c1-16-6-3-4-12-24(16)13-5-11-21-14-18-15-23(2)22-20(18)17-7-9-19(10-8-17)25(26)27/h7-10,15-16,21H,3-6,11-14H2,1-2H3. The number of aromatic nitrogens is 2. The van der Waals surface area contributed by atoms with Crippen molar-refractivity contribution < 1.29 is 4.92 Å². The van der Waals surface area contributed by atoms with Crippen LogP contribution in [-0.4, -0.2) is 45.3 Å². The number of benzene rings is 1. The van der Waals surface area contributed by atoms with E-state index in [0.717, 1.165) is 42.9 Å². The third kappa shape index (κ3) is 5.14. The lowest BCUT2D eigenvalue weighted by Crippen LogP contribution is -2.38. The average Bonchev–Trinajstić information content (AvgIpc) is 3.03. The first-order valence-corrected chi connectivity index (χ1v) is 9.76. The highest BCUT2D eigenvalue weighted by molar-refractivity contribution is 5.64. The maximum Gasteiger partial charge on any atom is 0.269 e. The summed E-state index contributed by atoms with van der Waals surface area (Å²) >= 11 is 0. The molecule has 0 saturated carbocycles. The van der Waals surface area contributed by atoms with Crippen molar-refractivity contribution in [3.05, 3.63) is 46.1 Å². The Hall–Kier alpha value is -2.25. The number of non-ortho nitro benzene ring substituents is 1. The molecular weight excluding hydrogens is 342 g/mol. The second kappa shape index (κ2) is 9.10. The second-order valence-electron chi connectivity index (χ2n) is 7.39. The molecule has 7 nitrogen and oxygen atoms in total. The summed E-state index contributed by atoms with van der Waals surface area (Å²) in [6.07, 6.45) is 7.16. The van der Waals surface area contributed by atoms with Crippen molar-refractivity contribution in [2.24, 2.45) is 7.05 Å². The minimum absolute atomic E-state index is 0.0984. The van der Waals surface area contributed by atoms with E-state index in [4.69, 9.17) is 0 Å². The monoisotopic (exact) mass is 371 g/mol. The minimum Gasteiger partial charge on any atom is -0.312 e. The van der Waals surface area contributed by atoms with E-state index in [1.807, 2.05) is 13.2 Å². The van der Waals surface area contributed by atoms with Gasteiger partial charge in [0, 0.05) is 49.1 Å². The molecule has 2 heterocycles. The van der Waals surface area contributed by atoms with Crippen molar-refractivity contribution in [2.75, 3.05) is 19.6 Å². The maximum absolute atomic E-state index is 10.8. The summed E-state index contributed by atoms with van der Waals surface area (Å²) in [5, 5.41) is 18.9. The van der Waals surface area contributed by atoms with Crippen LogP contribution in [0.2, 0.25) is 0 Å². The summed E-state index contributed by atoms with van der Waals surface area (Å²) in [6, 6.07) is 7.30. The maximum atomic E-state index is 10.8. The van der Waals surface area contributed by atoms with Gasteiger partial charge in [0.05, 0.1) is 10.6 Å². The molecule has 1 aromatic carbocycles. The first kappa shape index (κ1) is 19.5. The van der Waals surface area contributed by atoms with Gasteiger partial charge in [0.2, 0.25) is 0 Å². The van der Waals surface area contributed by atoms with Crippen LogP contribution in [0.1, 0.15) is 38.2 Å². The molecule has 1 unspecified atom stereocenters. The molecule has 1 fully saturated rings. The smallest absolute Gasteiger partial charge is 0.269 e. The van der Waals surface area contributed by atoms with E-state index in [9.17, 15) is 10.1 Å². The van der Waals surface area contributed by atoms with Crippen LogP contribution in [-0.2, 0) is 13.6 Å². The topological polar surface area (TPSA) is 76.2 Å². The molecule has 0 spiro atoms. The molecule has 0 radical (unpaired) electrons. The molecule has 146 valence electrons. The van der Waals surface area contributed by atoms with E-state index in [2.05, 4.69) is 22.2 Å². The fraction of sp³-hybridized carbons (Fsp3) is 0.550. The largest absolute Gasteiger partial charge is 0.312 e. The molecule has 0 amide bonds. The molecule has 1 saturated heterocycles. The van der Waals surface area contributed by atoms with Gasteiger partial charge in [0.1, 0.15) is 0 Å². The fourth-order valence-electron chi connectivity index (χ4n) is 3.77. The molecule has 27 heavy (non-hydrogen) atoms. The van der Waals surface area contributed by atoms with Gasteiger partial charge in [-0.05, 0) is 58.0 Å². The van der Waals surface area contributed by atoms with Gasteiger partial charge >= 0.3 is 0 Å². The van der Waals surface area contributed by atoms with Crippen LogP contribution in [0.4, 0.5) is 5.69 Å². The number of nitro benzene ring substituents is 1. The lowest BCUT2D eigenvalue weighted by molar-refractivity contribution is -0.384. The van der Waals surface area contributed by atoms with Crippen molar-refractivity contribution >= 4 is 5.69 Å². The predicted molar refractivity (Wildman–Crippen MR) is 107 cm³/mol. The quantitative estimate of drug-likeness (QED) is 0.437. The molecular formula is C20H29N5O2. The summed E-state index contributed by atoms with van der Waals surface area (Å²) in [7, 11) is 1.90. The van der Waals surface area contributed by atoms with Gasteiger partial charge in [-0.3, -0.25) is 14.8 Å². The average molecular weight is 371 g/mol. The normalized spacial score (nSPS) is 17.9. The van der Waals surface area contributed by atoms with E-state index in [-0.39, 0.29) is 10.6 Å². The van der Waals surface area contributed by atoms with Crippen molar-refractivity contribution in [2.45, 2.75) is 45.2 Å². The summed E-state index contributed by atoms with van der Waals surface area (Å²) < 4.78 is 1.79. The third-order valence-corrected chi connectivity index (χ3v) is 5.31. The van der Waals surface area contributed by atoms with Crippen LogP contribution in [0.5, 0.6) is 0 Å². The highest BCUT2D eigenvalue weighted by Crippen LogP contribution is 2.24. The Labute approximate surface area is 160 Å². The SMILES string of the molecule is CC1CCCCN1CCCNCc1cn(C)nc1-c1ccc([N+](=O)[O-])cc1. The predicted octanol–water partition coefficient (Wildman–Crippen LogP) is 3.35. The molecule has 1 N–H and O–H groups in total. The minimum atomic E-state index is -0.381. The number of nitrogens with zero attached hydrogens (tertiary/aromatic N) is 4. The van der Waals surface area contributed by atoms with Crippen molar-refractivity contribution in [1.82, 2.24) is 20.0 Å². The van der Waals surface area contributed by atoms with Crippen molar-refractivity contribution in [3.63, 3.8) is 0 Å². The van der Waals surface area contributed by atoms with Crippen LogP contribution < -0.4 is 5.32 Å². The number of likely N-dealkylation sites (tertiary alicyclic amines) is 1. The van der Waals surface area contributed by atoms with Crippen LogP contribution in [0, 0.1) is 10.1 Å². The number of nitrogens with one attached hydrogen (secondary N) is 1. The molecule has 1 aliphatic rings. The van der Waals surface area contributed by atoms with E-state index < -0.39 is 0 Å². The highest BCUT2D eigenvalue weighted by atomic mass is 16.6. The number of rotatable bonds is 8. The first-order valence-electron chi connectivity index (χ1n) is 9.76.